The number of fused-ring (bicyclic) bond motifs is 1. The molecule has 174 valence electrons. The zero-order valence-electron chi connectivity index (χ0n) is 17.4. The van der Waals surface area contributed by atoms with Gasteiger partial charge in [0.1, 0.15) is 18.2 Å². The minimum absolute atomic E-state index is 0.0162. The van der Waals surface area contributed by atoms with Crippen molar-refractivity contribution in [3.63, 3.8) is 0 Å². The SMILES string of the molecule is O=C1CCC(N2Cc3c(ccc(-c4ncn(C(F)(F)F)c4-c4ccccc4)c3F)C2=O)C(=O)N1. The summed E-state index contributed by atoms with van der Waals surface area (Å²) < 4.78 is 56.7. The number of carbonyl (C=O) groups is 3. The highest BCUT2D eigenvalue weighted by atomic mass is 19.4. The Labute approximate surface area is 190 Å². The van der Waals surface area contributed by atoms with E-state index in [9.17, 15) is 27.6 Å². The van der Waals surface area contributed by atoms with Crippen LogP contribution in [-0.4, -0.2) is 38.2 Å². The second kappa shape index (κ2) is 7.79. The Hall–Kier alpha value is -4.02. The number of hydrogen-bond acceptors (Lipinski definition) is 4. The summed E-state index contributed by atoms with van der Waals surface area (Å²) in [5.41, 5.74) is -0.587. The predicted octanol–water partition coefficient (Wildman–Crippen LogP) is 3.59. The third-order valence-electron chi connectivity index (χ3n) is 5.99. The highest BCUT2D eigenvalue weighted by Crippen LogP contribution is 2.40. The summed E-state index contributed by atoms with van der Waals surface area (Å²) in [6.45, 7) is -0.249. The number of nitrogens with zero attached hydrogens (tertiary/aromatic N) is 3. The van der Waals surface area contributed by atoms with Gasteiger partial charge >= 0.3 is 6.30 Å². The van der Waals surface area contributed by atoms with E-state index in [-0.39, 0.29) is 57.6 Å². The van der Waals surface area contributed by atoms with Crippen molar-refractivity contribution in [1.82, 2.24) is 19.8 Å². The zero-order valence-corrected chi connectivity index (χ0v) is 17.4. The molecule has 1 fully saturated rings. The number of piperidine rings is 1. The van der Waals surface area contributed by atoms with Crippen LogP contribution in [-0.2, 0) is 22.4 Å². The van der Waals surface area contributed by atoms with Gasteiger partial charge < -0.3 is 4.90 Å². The van der Waals surface area contributed by atoms with E-state index in [2.05, 4.69) is 10.3 Å². The van der Waals surface area contributed by atoms with Crippen LogP contribution in [0.5, 0.6) is 0 Å². The van der Waals surface area contributed by atoms with Crippen LogP contribution in [0.3, 0.4) is 0 Å². The van der Waals surface area contributed by atoms with E-state index >= 15 is 4.39 Å². The first kappa shape index (κ1) is 21.8. The molecule has 0 spiro atoms. The van der Waals surface area contributed by atoms with Crippen molar-refractivity contribution >= 4 is 17.7 Å². The molecule has 0 bridgehead atoms. The number of halogens is 4. The summed E-state index contributed by atoms with van der Waals surface area (Å²) in [5, 5.41) is 2.16. The molecule has 11 heteroatoms. The average Bonchev–Trinajstić information content (AvgIpc) is 3.37. The number of carbonyl (C=O) groups excluding carboxylic acids is 3. The summed E-state index contributed by atoms with van der Waals surface area (Å²) in [7, 11) is 0. The van der Waals surface area contributed by atoms with E-state index in [1.54, 1.807) is 18.2 Å². The first-order valence-electron chi connectivity index (χ1n) is 10.3. The van der Waals surface area contributed by atoms with Crippen molar-refractivity contribution < 1.29 is 31.9 Å². The highest BCUT2D eigenvalue weighted by Gasteiger charge is 2.41. The number of imide groups is 1. The Morgan fingerprint density at radius 3 is 2.38 bits per heavy atom. The van der Waals surface area contributed by atoms with E-state index < -0.39 is 35.9 Å². The summed E-state index contributed by atoms with van der Waals surface area (Å²) in [6.07, 6.45) is -4.06. The highest BCUT2D eigenvalue weighted by molar-refractivity contribution is 6.05. The van der Waals surface area contributed by atoms with Crippen molar-refractivity contribution in [1.29, 1.82) is 0 Å². The molecule has 1 aromatic heterocycles. The Bertz CT molecular complexity index is 1330. The fraction of sp³-hybridized carbons (Fsp3) is 0.217. The second-order valence-electron chi connectivity index (χ2n) is 8.00. The lowest BCUT2D eigenvalue weighted by atomic mass is 9.99. The molecule has 0 aliphatic carbocycles. The normalized spacial score (nSPS) is 18.3. The fourth-order valence-electron chi connectivity index (χ4n) is 4.40. The standard InChI is InChI=1S/C23H16F4N4O3/c24-18-14(19-20(12-4-2-1-3-5-12)31(11-28-19)23(25,26)27)7-6-13-15(18)10-30(22(13)34)16-8-9-17(32)29-21(16)33/h1-7,11,16H,8-10H2,(H,29,32,33). The van der Waals surface area contributed by atoms with Crippen LogP contribution in [0.1, 0.15) is 28.8 Å². The lowest BCUT2D eigenvalue weighted by Gasteiger charge is -2.29. The number of alkyl halides is 3. The van der Waals surface area contributed by atoms with Gasteiger partial charge in [-0.2, -0.15) is 0 Å². The van der Waals surface area contributed by atoms with Gasteiger partial charge in [0.15, 0.2) is 0 Å². The molecule has 5 rings (SSSR count). The van der Waals surface area contributed by atoms with E-state index in [1.807, 2.05) is 0 Å². The van der Waals surface area contributed by atoms with E-state index in [0.717, 1.165) is 0 Å². The zero-order chi connectivity index (χ0) is 24.2. The maximum absolute atomic E-state index is 15.7. The van der Waals surface area contributed by atoms with Crippen LogP contribution >= 0.6 is 0 Å². The van der Waals surface area contributed by atoms with Crippen molar-refractivity contribution in [2.75, 3.05) is 0 Å². The molecule has 2 aliphatic rings. The van der Waals surface area contributed by atoms with Crippen LogP contribution in [0.2, 0.25) is 0 Å². The number of nitrogens with one attached hydrogen (secondary N) is 1. The Kier molecular flexibility index (Phi) is 4.99. The first-order valence-corrected chi connectivity index (χ1v) is 10.3. The molecule has 0 saturated carbocycles. The third-order valence-corrected chi connectivity index (χ3v) is 5.99. The molecular weight excluding hydrogens is 456 g/mol. The van der Waals surface area contributed by atoms with Gasteiger partial charge in [-0.05, 0) is 18.6 Å². The van der Waals surface area contributed by atoms with Gasteiger partial charge in [0, 0.05) is 28.7 Å². The van der Waals surface area contributed by atoms with Gasteiger partial charge in [0.05, 0.1) is 17.9 Å². The maximum Gasteiger partial charge on any atom is 0.490 e. The number of aromatic nitrogens is 2. The van der Waals surface area contributed by atoms with Crippen molar-refractivity contribution in [2.45, 2.75) is 31.7 Å². The molecule has 3 aromatic rings. The van der Waals surface area contributed by atoms with Gasteiger partial charge in [-0.1, -0.05) is 30.3 Å². The van der Waals surface area contributed by atoms with Gasteiger partial charge in [0.25, 0.3) is 5.91 Å². The molecule has 1 saturated heterocycles. The van der Waals surface area contributed by atoms with Crippen molar-refractivity contribution in [2.24, 2.45) is 0 Å². The van der Waals surface area contributed by atoms with Crippen LogP contribution in [0.4, 0.5) is 17.6 Å². The number of benzene rings is 2. The molecule has 7 nitrogen and oxygen atoms in total. The van der Waals surface area contributed by atoms with Gasteiger partial charge in [-0.15, -0.1) is 13.2 Å². The molecule has 1 atom stereocenters. The molecule has 2 aliphatic heterocycles. The lowest BCUT2D eigenvalue weighted by Crippen LogP contribution is -2.52. The van der Waals surface area contributed by atoms with Crippen molar-refractivity contribution in [3.8, 4) is 22.5 Å². The maximum atomic E-state index is 15.7. The van der Waals surface area contributed by atoms with E-state index in [4.69, 9.17) is 0 Å². The Morgan fingerprint density at radius 2 is 1.71 bits per heavy atom. The summed E-state index contributed by atoms with van der Waals surface area (Å²) in [5.74, 6) is -2.56. The second-order valence-corrected chi connectivity index (χ2v) is 8.00. The van der Waals surface area contributed by atoms with Crippen LogP contribution in [0.25, 0.3) is 22.5 Å². The largest absolute Gasteiger partial charge is 0.490 e. The molecule has 1 N–H and O–H groups in total. The van der Waals surface area contributed by atoms with Gasteiger partial charge in [-0.3, -0.25) is 19.7 Å². The Morgan fingerprint density at radius 1 is 1.00 bits per heavy atom. The van der Waals surface area contributed by atoms with Gasteiger partial charge in [-0.25, -0.2) is 13.9 Å². The first-order chi connectivity index (χ1) is 16.2. The van der Waals surface area contributed by atoms with Gasteiger partial charge in [0.2, 0.25) is 11.8 Å². The minimum atomic E-state index is -4.79. The topological polar surface area (TPSA) is 84.3 Å². The smallest absolute Gasteiger partial charge is 0.322 e. The van der Waals surface area contributed by atoms with Crippen LogP contribution in [0.15, 0.2) is 48.8 Å². The Balaban J connectivity index is 1.59. The summed E-state index contributed by atoms with van der Waals surface area (Å²) in [4.78, 5) is 41.6. The van der Waals surface area contributed by atoms with Crippen molar-refractivity contribution in [3.05, 3.63) is 65.7 Å². The van der Waals surface area contributed by atoms with E-state index in [0.29, 0.717) is 6.33 Å². The predicted molar refractivity (Wildman–Crippen MR) is 110 cm³/mol. The number of rotatable bonds is 3. The van der Waals surface area contributed by atoms with Crippen LogP contribution in [0, 0.1) is 5.82 Å². The molecular formula is C23H16F4N4O3. The summed E-state index contributed by atoms with van der Waals surface area (Å²) in [6, 6.07) is 9.28. The lowest BCUT2D eigenvalue weighted by molar-refractivity contribution is -0.202. The quantitative estimate of drug-likeness (QED) is 0.467. The number of imidazole rings is 1. The van der Waals surface area contributed by atoms with E-state index in [1.165, 1.54) is 29.2 Å². The molecule has 3 amide bonds. The summed E-state index contributed by atoms with van der Waals surface area (Å²) >= 11 is 0. The molecule has 34 heavy (non-hydrogen) atoms. The molecule has 3 heterocycles. The molecule has 0 radical (unpaired) electrons. The monoisotopic (exact) mass is 472 g/mol. The number of amides is 3. The van der Waals surface area contributed by atoms with Crippen LogP contribution < -0.4 is 5.32 Å². The fourth-order valence-corrected chi connectivity index (χ4v) is 4.40. The molecule has 2 aromatic carbocycles. The minimum Gasteiger partial charge on any atom is -0.322 e. The number of hydrogen-bond donors (Lipinski definition) is 1. The average molecular weight is 472 g/mol. The molecule has 1 unspecified atom stereocenters. The third kappa shape index (κ3) is 3.44.